The Hall–Kier alpha value is -1.60. The molecule has 0 atom stereocenters. The van der Waals surface area contributed by atoms with E-state index < -0.39 is 21.8 Å². The molecule has 0 radical (unpaired) electrons. The maximum Gasteiger partial charge on any atom is 0.274 e. The van der Waals surface area contributed by atoms with Gasteiger partial charge in [-0.25, -0.2) is 0 Å². The van der Waals surface area contributed by atoms with E-state index in [1.54, 1.807) is 24.3 Å². The van der Waals surface area contributed by atoms with Crippen molar-refractivity contribution in [2.45, 2.75) is 6.92 Å². The van der Waals surface area contributed by atoms with Crippen LogP contribution in [0.15, 0.2) is 24.3 Å². The molecule has 0 unspecified atom stereocenters. The van der Waals surface area contributed by atoms with E-state index in [2.05, 4.69) is 5.32 Å². The number of benzene rings is 1. The number of rotatable bonds is 5. The van der Waals surface area contributed by atoms with Crippen LogP contribution in [0.1, 0.15) is 6.92 Å². The van der Waals surface area contributed by atoms with Crippen LogP contribution in [0.4, 0.5) is 5.69 Å². The van der Waals surface area contributed by atoms with Crippen molar-refractivity contribution in [2.24, 2.45) is 0 Å². The molecule has 6 nitrogen and oxygen atoms in total. The predicted octanol–water partition coefficient (Wildman–Crippen LogP) is 0.912. The second kappa shape index (κ2) is 5.65. The number of hydrogen-bond donors (Lipinski definition) is 2. The first-order chi connectivity index (χ1) is 7.90. The molecule has 0 aliphatic rings. The van der Waals surface area contributed by atoms with E-state index in [4.69, 9.17) is 9.29 Å². The molecule has 0 spiro atoms. The van der Waals surface area contributed by atoms with Crippen molar-refractivity contribution in [3.63, 3.8) is 0 Å². The molecule has 94 valence electrons. The quantitative estimate of drug-likeness (QED) is 0.767. The third-order valence-electron chi connectivity index (χ3n) is 1.76. The van der Waals surface area contributed by atoms with Crippen LogP contribution in [-0.4, -0.2) is 31.2 Å². The molecular weight excluding hydrogens is 246 g/mol. The fraction of sp³-hybridized carbons (Fsp3) is 0.300. The van der Waals surface area contributed by atoms with Gasteiger partial charge < -0.3 is 10.1 Å². The number of hydrogen-bond acceptors (Lipinski definition) is 4. The Morgan fingerprint density at radius 1 is 1.35 bits per heavy atom. The fourth-order valence-corrected chi connectivity index (χ4v) is 1.57. The number of carbonyl (C=O) groups excluding carboxylic acids is 1. The second-order valence-electron chi connectivity index (χ2n) is 3.23. The molecule has 17 heavy (non-hydrogen) atoms. The Morgan fingerprint density at radius 2 is 1.94 bits per heavy atom. The smallest absolute Gasteiger partial charge is 0.274 e. The minimum Gasteiger partial charge on any atom is -0.494 e. The number of anilines is 1. The Balaban J connectivity index is 2.60. The number of amides is 1. The first-order valence-corrected chi connectivity index (χ1v) is 6.49. The van der Waals surface area contributed by atoms with Crippen LogP contribution in [0.2, 0.25) is 0 Å². The van der Waals surface area contributed by atoms with E-state index in [1.165, 1.54) is 0 Å². The van der Waals surface area contributed by atoms with Gasteiger partial charge in [0.15, 0.2) is 5.75 Å². The molecule has 0 fully saturated rings. The van der Waals surface area contributed by atoms with Gasteiger partial charge in [0.25, 0.3) is 10.1 Å². The number of ether oxygens (including phenoxy) is 1. The van der Waals surface area contributed by atoms with Gasteiger partial charge in [0.05, 0.1) is 6.61 Å². The van der Waals surface area contributed by atoms with Gasteiger partial charge in [-0.1, -0.05) is 0 Å². The third-order valence-corrected chi connectivity index (χ3v) is 2.39. The summed E-state index contributed by atoms with van der Waals surface area (Å²) < 4.78 is 34.6. The Labute approximate surface area is 99.3 Å². The van der Waals surface area contributed by atoms with Gasteiger partial charge in [-0.2, -0.15) is 8.42 Å². The van der Waals surface area contributed by atoms with E-state index in [-0.39, 0.29) is 0 Å². The molecule has 0 saturated heterocycles. The molecule has 0 aliphatic heterocycles. The van der Waals surface area contributed by atoms with Gasteiger partial charge in [0.1, 0.15) is 5.75 Å². The fourth-order valence-electron chi connectivity index (χ4n) is 1.16. The first-order valence-electron chi connectivity index (χ1n) is 4.88. The van der Waals surface area contributed by atoms with E-state index in [0.717, 1.165) is 0 Å². The Morgan fingerprint density at radius 3 is 2.41 bits per heavy atom. The summed E-state index contributed by atoms with van der Waals surface area (Å²) in [5, 5.41) is 2.33. The van der Waals surface area contributed by atoms with Crippen molar-refractivity contribution in [1.29, 1.82) is 0 Å². The standard InChI is InChI=1S/C10H13NO5S/c1-2-16-9-5-3-8(4-6-9)11-10(12)7-17(13,14)15/h3-6H,2,7H2,1H3,(H,11,12)(H,13,14,15). The average molecular weight is 259 g/mol. The molecule has 0 bridgehead atoms. The first kappa shape index (κ1) is 13.5. The molecule has 1 amide bonds. The molecule has 1 rings (SSSR count). The highest BCUT2D eigenvalue weighted by atomic mass is 32.2. The van der Waals surface area contributed by atoms with Gasteiger partial charge in [-0.05, 0) is 31.2 Å². The predicted molar refractivity (Wildman–Crippen MR) is 62.7 cm³/mol. The highest BCUT2D eigenvalue weighted by molar-refractivity contribution is 7.86. The van der Waals surface area contributed by atoms with Crippen LogP contribution in [0.5, 0.6) is 5.75 Å². The molecule has 0 aromatic heterocycles. The lowest BCUT2D eigenvalue weighted by Crippen LogP contribution is -2.22. The molecule has 7 heteroatoms. The Bertz CT molecular complexity index is 480. The van der Waals surface area contributed by atoms with Crippen molar-refractivity contribution in [3.05, 3.63) is 24.3 Å². The van der Waals surface area contributed by atoms with Crippen LogP contribution in [0.25, 0.3) is 0 Å². The minimum atomic E-state index is -4.30. The van der Waals surface area contributed by atoms with E-state index in [1.807, 2.05) is 6.92 Å². The van der Waals surface area contributed by atoms with Gasteiger partial charge >= 0.3 is 0 Å². The lowest BCUT2D eigenvalue weighted by Gasteiger charge is -2.06. The van der Waals surface area contributed by atoms with Crippen LogP contribution in [0.3, 0.4) is 0 Å². The van der Waals surface area contributed by atoms with Gasteiger partial charge in [-0.15, -0.1) is 0 Å². The zero-order valence-corrected chi connectivity index (χ0v) is 10.0. The van der Waals surface area contributed by atoms with Gasteiger partial charge in [0, 0.05) is 5.69 Å². The van der Waals surface area contributed by atoms with Gasteiger partial charge in [-0.3, -0.25) is 9.35 Å². The summed E-state index contributed by atoms with van der Waals surface area (Å²) in [6, 6.07) is 6.44. The summed E-state index contributed by atoms with van der Waals surface area (Å²) in [5.74, 6) is -1.10. The summed E-state index contributed by atoms with van der Waals surface area (Å²) in [4.78, 5) is 11.2. The third kappa shape index (κ3) is 5.32. The number of carbonyl (C=O) groups is 1. The summed E-state index contributed by atoms with van der Waals surface area (Å²) in [5.41, 5.74) is 0.433. The number of nitrogens with one attached hydrogen (secondary N) is 1. The van der Waals surface area contributed by atoms with E-state index in [0.29, 0.717) is 18.0 Å². The summed E-state index contributed by atoms with van der Waals surface area (Å²) in [6.07, 6.45) is 0. The van der Waals surface area contributed by atoms with Crippen LogP contribution < -0.4 is 10.1 Å². The zero-order chi connectivity index (χ0) is 12.9. The maximum atomic E-state index is 11.2. The zero-order valence-electron chi connectivity index (χ0n) is 9.21. The summed E-state index contributed by atoms with van der Waals surface area (Å²) >= 11 is 0. The lowest BCUT2D eigenvalue weighted by molar-refractivity contribution is -0.113. The highest BCUT2D eigenvalue weighted by Gasteiger charge is 2.12. The van der Waals surface area contributed by atoms with Crippen LogP contribution in [0, 0.1) is 0 Å². The molecule has 0 saturated carbocycles. The lowest BCUT2D eigenvalue weighted by atomic mass is 10.3. The summed E-state index contributed by atoms with van der Waals surface area (Å²) in [6.45, 7) is 2.39. The maximum absolute atomic E-state index is 11.2. The van der Waals surface area contributed by atoms with Crippen molar-refractivity contribution >= 4 is 21.7 Å². The normalized spacial score (nSPS) is 10.9. The SMILES string of the molecule is CCOc1ccc(NC(=O)CS(=O)(=O)O)cc1. The van der Waals surface area contributed by atoms with E-state index in [9.17, 15) is 13.2 Å². The van der Waals surface area contributed by atoms with Crippen LogP contribution in [-0.2, 0) is 14.9 Å². The van der Waals surface area contributed by atoms with Gasteiger partial charge in [0.2, 0.25) is 5.91 Å². The molecule has 1 aromatic carbocycles. The van der Waals surface area contributed by atoms with Crippen molar-refractivity contribution in [3.8, 4) is 5.75 Å². The average Bonchev–Trinajstić information content (AvgIpc) is 2.18. The highest BCUT2D eigenvalue weighted by Crippen LogP contribution is 2.15. The van der Waals surface area contributed by atoms with E-state index >= 15 is 0 Å². The largest absolute Gasteiger partial charge is 0.494 e. The molecule has 2 N–H and O–H groups in total. The topological polar surface area (TPSA) is 92.7 Å². The summed E-state index contributed by atoms with van der Waals surface area (Å²) in [7, 11) is -4.30. The van der Waals surface area contributed by atoms with Crippen molar-refractivity contribution < 1.29 is 22.5 Å². The molecule has 0 aliphatic carbocycles. The van der Waals surface area contributed by atoms with Crippen LogP contribution >= 0.6 is 0 Å². The Kier molecular flexibility index (Phi) is 4.47. The molecule has 1 aromatic rings. The molecular formula is C10H13NO5S. The monoisotopic (exact) mass is 259 g/mol. The minimum absolute atomic E-state index is 0.433. The van der Waals surface area contributed by atoms with Crippen molar-refractivity contribution in [2.75, 3.05) is 17.7 Å². The molecule has 0 heterocycles. The van der Waals surface area contributed by atoms with Crippen molar-refractivity contribution in [1.82, 2.24) is 0 Å². The second-order valence-corrected chi connectivity index (χ2v) is 4.68.